The van der Waals surface area contributed by atoms with Crippen molar-refractivity contribution in [3.05, 3.63) is 98.6 Å². The lowest BCUT2D eigenvalue weighted by atomic mass is 10.1. The van der Waals surface area contributed by atoms with Gasteiger partial charge in [-0.1, -0.05) is 23.8 Å². The van der Waals surface area contributed by atoms with Gasteiger partial charge in [-0.25, -0.2) is 5.10 Å². The highest BCUT2D eigenvalue weighted by Gasteiger charge is 2.07. The van der Waals surface area contributed by atoms with E-state index in [4.69, 9.17) is 4.42 Å². The lowest BCUT2D eigenvalue weighted by molar-refractivity contribution is -0.111. The molecule has 0 spiro atoms. The average Bonchev–Trinajstić information content (AvgIpc) is 2.74. The number of amides is 1. The summed E-state index contributed by atoms with van der Waals surface area (Å²) in [6.07, 6.45) is 4.04. The van der Waals surface area contributed by atoms with Gasteiger partial charge < -0.3 is 9.73 Å². The van der Waals surface area contributed by atoms with E-state index in [1.54, 1.807) is 36.4 Å². The Bertz CT molecular complexity index is 1380. The maximum Gasteiger partial charge on any atom is 0.264 e. The van der Waals surface area contributed by atoms with Crippen LogP contribution in [0.3, 0.4) is 0 Å². The van der Waals surface area contributed by atoms with Crippen molar-refractivity contribution in [2.24, 2.45) is 0 Å². The van der Waals surface area contributed by atoms with E-state index in [0.717, 1.165) is 11.1 Å². The van der Waals surface area contributed by atoms with Crippen molar-refractivity contribution >= 4 is 28.6 Å². The van der Waals surface area contributed by atoms with Crippen LogP contribution in [0.4, 0.5) is 5.69 Å². The number of carbonyl (C=O) groups is 1. The third-order valence-electron chi connectivity index (χ3n) is 4.47. The lowest BCUT2D eigenvalue weighted by Gasteiger charge is -2.05. The third-order valence-corrected chi connectivity index (χ3v) is 4.47. The van der Waals surface area contributed by atoms with Crippen LogP contribution < -0.4 is 16.3 Å². The molecule has 0 saturated heterocycles. The molecule has 4 rings (SSSR count). The topological polar surface area (TPSA) is 105 Å². The zero-order chi connectivity index (χ0) is 21.1. The van der Waals surface area contributed by atoms with E-state index >= 15 is 0 Å². The van der Waals surface area contributed by atoms with Gasteiger partial charge in [-0.15, -0.1) is 0 Å². The van der Waals surface area contributed by atoms with Gasteiger partial charge in [0.2, 0.25) is 5.91 Å². The van der Waals surface area contributed by atoms with E-state index in [9.17, 15) is 14.4 Å². The standard InChI is InChI=1S/C23H17N3O4/c1-14-5-8-20-18(11-14)23(29)16(13-30-20)6-9-21(27)24-17-4-2-3-15(12-17)19-7-10-22(28)26-25-19/h2-13H,1H3,(H,24,27)(H,26,28)/b9-6+. The van der Waals surface area contributed by atoms with E-state index in [-0.39, 0.29) is 16.6 Å². The quantitative estimate of drug-likeness (QED) is 0.511. The molecule has 30 heavy (non-hydrogen) atoms. The molecule has 2 aromatic carbocycles. The first kappa shape index (κ1) is 19.1. The zero-order valence-electron chi connectivity index (χ0n) is 16.0. The Balaban J connectivity index is 1.53. The van der Waals surface area contributed by atoms with Crippen LogP contribution in [-0.4, -0.2) is 16.1 Å². The molecule has 0 unspecified atom stereocenters. The Morgan fingerprint density at radius 3 is 2.77 bits per heavy atom. The maximum absolute atomic E-state index is 12.6. The summed E-state index contributed by atoms with van der Waals surface area (Å²) in [4.78, 5) is 36.1. The number of nitrogens with zero attached hydrogens (tertiary/aromatic N) is 1. The van der Waals surface area contributed by atoms with Crippen LogP contribution in [0.15, 0.2) is 80.9 Å². The number of anilines is 1. The van der Waals surface area contributed by atoms with Crippen molar-refractivity contribution in [3.8, 4) is 11.3 Å². The molecule has 1 amide bonds. The molecular formula is C23H17N3O4. The molecule has 7 nitrogen and oxygen atoms in total. The number of nitrogens with one attached hydrogen (secondary N) is 2. The number of aromatic nitrogens is 2. The van der Waals surface area contributed by atoms with E-state index < -0.39 is 5.91 Å². The largest absolute Gasteiger partial charge is 0.463 e. The monoisotopic (exact) mass is 399 g/mol. The maximum atomic E-state index is 12.6. The molecule has 0 aliphatic rings. The Hall–Kier alpha value is -4.26. The Morgan fingerprint density at radius 2 is 1.97 bits per heavy atom. The number of benzene rings is 2. The molecule has 148 valence electrons. The highest BCUT2D eigenvalue weighted by molar-refractivity contribution is 6.02. The van der Waals surface area contributed by atoms with Crippen molar-refractivity contribution in [1.82, 2.24) is 10.2 Å². The molecule has 0 radical (unpaired) electrons. The van der Waals surface area contributed by atoms with Crippen LogP contribution >= 0.6 is 0 Å². The number of hydrogen-bond acceptors (Lipinski definition) is 5. The van der Waals surface area contributed by atoms with Crippen molar-refractivity contribution in [3.63, 3.8) is 0 Å². The number of aryl methyl sites for hydroxylation is 1. The van der Waals surface area contributed by atoms with Gasteiger partial charge in [0, 0.05) is 23.4 Å². The fourth-order valence-electron chi connectivity index (χ4n) is 2.99. The van der Waals surface area contributed by atoms with Gasteiger partial charge in [0.25, 0.3) is 5.56 Å². The summed E-state index contributed by atoms with van der Waals surface area (Å²) in [6.45, 7) is 1.89. The van der Waals surface area contributed by atoms with Crippen LogP contribution in [0.1, 0.15) is 11.1 Å². The predicted molar refractivity (Wildman–Crippen MR) is 115 cm³/mol. The molecule has 0 saturated carbocycles. The Labute approximate surface area is 170 Å². The van der Waals surface area contributed by atoms with Crippen LogP contribution in [-0.2, 0) is 4.79 Å². The molecule has 2 aromatic heterocycles. The number of carbonyl (C=O) groups excluding carboxylic acids is 1. The van der Waals surface area contributed by atoms with E-state index in [0.29, 0.717) is 22.4 Å². The van der Waals surface area contributed by atoms with Crippen LogP contribution in [0, 0.1) is 6.92 Å². The molecular weight excluding hydrogens is 382 g/mol. The van der Waals surface area contributed by atoms with E-state index in [1.807, 2.05) is 19.1 Å². The minimum Gasteiger partial charge on any atom is -0.463 e. The summed E-state index contributed by atoms with van der Waals surface area (Å²) in [5.41, 5.74) is 3.11. The average molecular weight is 399 g/mol. The van der Waals surface area contributed by atoms with Gasteiger partial charge in [-0.2, -0.15) is 5.10 Å². The van der Waals surface area contributed by atoms with Crippen molar-refractivity contribution in [2.75, 3.05) is 5.32 Å². The summed E-state index contributed by atoms with van der Waals surface area (Å²) in [5.74, 6) is -0.398. The number of fused-ring (bicyclic) bond motifs is 1. The minimum absolute atomic E-state index is 0.199. The summed E-state index contributed by atoms with van der Waals surface area (Å²) in [7, 11) is 0. The predicted octanol–water partition coefficient (Wildman–Crippen LogP) is 3.50. The smallest absolute Gasteiger partial charge is 0.264 e. The van der Waals surface area contributed by atoms with Crippen LogP contribution in [0.2, 0.25) is 0 Å². The van der Waals surface area contributed by atoms with Crippen molar-refractivity contribution in [2.45, 2.75) is 6.92 Å². The SMILES string of the molecule is Cc1ccc2occ(/C=C/C(=O)Nc3cccc(-c4ccc(=O)[nH]n4)c3)c(=O)c2c1. The summed E-state index contributed by atoms with van der Waals surface area (Å²) in [6, 6.07) is 15.4. The molecule has 0 bridgehead atoms. The second-order valence-electron chi connectivity index (χ2n) is 6.73. The number of H-pyrrole nitrogens is 1. The summed E-state index contributed by atoms with van der Waals surface area (Å²) < 4.78 is 5.49. The fourth-order valence-corrected chi connectivity index (χ4v) is 2.99. The molecule has 0 fully saturated rings. The van der Waals surface area contributed by atoms with Gasteiger partial charge in [-0.05, 0) is 43.3 Å². The number of hydrogen-bond donors (Lipinski definition) is 2. The normalized spacial score (nSPS) is 11.1. The zero-order valence-corrected chi connectivity index (χ0v) is 16.0. The second-order valence-corrected chi connectivity index (χ2v) is 6.73. The number of aromatic amines is 1. The van der Waals surface area contributed by atoms with Gasteiger partial charge in [-0.3, -0.25) is 14.4 Å². The fraction of sp³-hybridized carbons (Fsp3) is 0.0435. The van der Waals surface area contributed by atoms with Crippen molar-refractivity contribution in [1.29, 1.82) is 0 Å². The van der Waals surface area contributed by atoms with Gasteiger partial charge in [0.1, 0.15) is 11.8 Å². The first-order valence-electron chi connectivity index (χ1n) is 9.17. The minimum atomic E-state index is -0.398. The van der Waals surface area contributed by atoms with Gasteiger partial charge >= 0.3 is 0 Å². The van der Waals surface area contributed by atoms with E-state index in [2.05, 4.69) is 15.5 Å². The first-order chi connectivity index (χ1) is 14.5. The molecule has 2 heterocycles. The van der Waals surface area contributed by atoms with Gasteiger partial charge in [0.05, 0.1) is 16.6 Å². The molecule has 0 atom stereocenters. The Kier molecular flexibility index (Phi) is 5.09. The third kappa shape index (κ3) is 4.10. The van der Waals surface area contributed by atoms with Crippen molar-refractivity contribution < 1.29 is 9.21 Å². The Morgan fingerprint density at radius 1 is 1.10 bits per heavy atom. The molecule has 4 aromatic rings. The van der Waals surface area contributed by atoms with E-state index in [1.165, 1.54) is 24.5 Å². The van der Waals surface area contributed by atoms with Crippen LogP contribution in [0.25, 0.3) is 28.3 Å². The molecule has 0 aliphatic carbocycles. The summed E-state index contributed by atoms with van der Waals surface area (Å²) >= 11 is 0. The molecule has 2 N–H and O–H groups in total. The highest BCUT2D eigenvalue weighted by atomic mass is 16.3. The number of rotatable bonds is 4. The summed E-state index contributed by atoms with van der Waals surface area (Å²) in [5, 5.41) is 9.56. The molecule has 7 heteroatoms. The lowest BCUT2D eigenvalue weighted by Crippen LogP contribution is -2.09. The highest BCUT2D eigenvalue weighted by Crippen LogP contribution is 2.20. The van der Waals surface area contributed by atoms with Gasteiger partial charge in [0.15, 0.2) is 5.43 Å². The first-order valence-corrected chi connectivity index (χ1v) is 9.17. The van der Waals surface area contributed by atoms with Crippen LogP contribution in [0.5, 0.6) is 0 Å². The molecule has 0 aliphatic heterocycles. The second kappa shape index (κ2) is 8.00.